The van der Waals surface area contributed by atoms with E-state index in [0.717, 1.165) is 15.8 Å². The molecule has 2 nitrogen and oxygen atoms in total. The predicted octanol–water partition coefficient (Wildman–Crippen LogP) is 5.52. The van der Waals surface area contributed by atoms with Crippen LogP contribution in [0.1, 0.15) is 43.9 Å². The van der Waals surface area contributed by atoms with E-state index >= 15 is 0 Å². The van der Waals surface area contributed by atoms with Gasteiger partial charge >= 0.3 is 0 Å². The third kappa shape index (κ3) is 3.63. The molecule has 0 heterocycles. The van der Waals surface area contributed by atoms with Crippen molar-refractivity contribution in [2.24, 2.45) is 5.73 Å². The first kappa shape index (κ1) is 16.0. The number of rotatable bonds is 4. The third-order valence-electron chi connectivity index (χ3n) is 3.28. The van der Waals surface area contributed by atoms with Gasteiger partial charge in [-0.15, -0.1) is 0 Å². The van der Waals surface area contributed by atoms with Gasteiger partial charge in [0.25, 0.3) is 0 Å². The minimum Gasteiger partial charge on any atom is -0.457 e. The Morgan fingerprint density at radius 2 is 1.81 bits per heavy atom. The Labute approximate surface area is 133 Å². The molecule has 0 spiro atoms. The number of hydrogen-bond acceptors (Lipinski definition) is 2. The maximum absolute atomic E-state index is 14.0. The van der Waals surface area contributed by atoms with Crippen molar-refractivity contribution in [3.05, 3.63) is 57.8 Å². The summed E-state index contributed by atoms with van der Waals surface area (Å²) in [5.41, 5.74) is 7.32. The highest BCUT2D eigenvalue weighted by atomic mass is 79.9. The van der Waals surface area contributed by atoms with Crippen LogP contribution in [0.2, 0.25) is 0 Å². The summed E-state index contributed by atoms with van der Waals surface area (Å²) in [5.74, 6) is 1.14. The van der Waals surface area contributed by atoms with E-state index in [9.17, 15) is 4.39 Å². The average molecular weight is 352 g/mol. The van der Waals surface area contributed by atoms with Crippen LogP contribution in [-0.4, -0.2) is 0 Å². The van der Waals surface area contributed by atoms with Gasteiger partial charge in [0, 0.05) is 16.1 Å². The zero-order valence-electron chi connectivity index (χ0n) is 12.4. The van der Waals surface area contributed by atoms with Gasteiger partial charge in [-0.3, -0.25) is 0 Å². The second-order valence-corrected chi connectivity index (χ2v) is 6.29. The van der Waals surface area contributed by atoms with Crippen LogP contribution < -0.4 is 10.5 Å². The Hall–Kier alpha value is -1.39. The third-order valence-corrected chi connectivity index (χ3v) is 3.78. The molecule has 0 aliphatic heterocycles. The molecule has 0 saturated heterocycles. The predicted molar refractivity (Wildman–Crippen MR) is 87.3 cm³/mol. The highest BCUT2D eigenvalue weighted by Gasteiger charge is 2.16. The molecule has 0 aliphatic carbocycles. The van der Waals surface area contributed by atoms with Crippen molar-refractivity contribution in [2.75, 3.05) is 0 Å². The molecular weight excluding hydrogens is 333 g/mol. The molecule has 0 radical (unpaired) electrons. The summed E-state index contributed by atoms with van der Waals surface area (Å²) >= 11 is 3.46. The number of nitrogens with two attached hydrogens (primary N) is 1. The first-order chi connectivity index (χ1) is 9.90. The Kier molecular flexibility index (Phi) is 5.01. The molecule has 2 N–H and O–H groups in total. The van der Waals surface area contributed by atoms with Gasteiger partial charge in [0.2, 0.25) is 0 Å². The zero-order valence-corrected chi connectivity index (χ0v) is 13.9. The molecule has 2 aromatic carbocycles. The average Bonchev–Trinajstić information content (AvgIpc) is 2.40. The monoisotopic (exact) mass is 351 g/mol. The van der Waals surface area contributed by atoms with Gasteiger partial charge in [0.1, 0.15) is 17.3 Å². The Morgan fingerprint density at radius 3 is 2.43 bits per heavy atom. The Balaban J connectivity index is 2.46. The molecule has 2 aromatic rings. The normalized spacial score (nSPS) is 12.5. The number of hydrogen-bond donors (Lipinski definition) is 1. The summed E-state index contributed by atoms with van der Waals surface area (Å²) in [7, 11) is 0. The van der Waals surface area contributed by atoms with Gasteiger partial charge in [0.05, 0.1) is 0 Å². The fourth-order valence-electron chi connectivity index (χ4n) is 2.23. The summed E-state index contributed by atoms with van der Waals surface area (Å²) in [5, 5.41) is 0. The molecule has 0 saturated carbocycles. The lowest BCUT2D eigenvalue weighted by molar-refractivity contribution is 0.453. The molecular formula is C17H19BrFNO. The van der Waals surface area contributed by atoms with Gasteiger partial charge in [-0.05, 0) is 48.7 Å². The number of benzene rings is 2. The Morgan fingerprint density at radius 1 is 1.10 bits per heavy atom. The van der Waals surface area contributed by atoms with Crippen LogP contribution in [0.3, 0.4) is 0 Å². The van der Waals surface area contributed by atoms with Gasteiger partial charge in [-0.2, -0.15) is 0 Å². The first-order valence-corrected chi connectivity index (χ1v) is 7.70. The van der Waals surface area contributed by atoms with Crippen molar-refractivity contribution in [3.63, 3.8) is 0 Å². The van der Waals surface area contributed by atoms with Crippen LogP contribution in [0.4, 0.5) is 4.39 Å². The smallest absolute Gasteiger partial charge is 0.135 e. The second kappa shape index (κ2) is 6.58. The van der Waals surface area contributed by atoms with Crippen molar-refractivity contribution in [3.8, 4) is 11.5 Å². The molecule has 2 rings (SSSR count). The lowest BCUT2D eigenvalue weighted by Crippen LogP contribution is -2.09. The molecule has 4 heteroatoms. The summed E-state index contributed by atoms with van der Waals surface area (Å²) in [6.07, 6.45) is 0. The minimum absolute atomic E-state index is 0.296. The second-order valence-electron chi connectivity index (χ2n) is 5.38. The van der Waals surface area contributed by atoms with E-state index in [0.29, 0.717) is 17.2 Å². The molecule has 0 aliphatic rings. The van der Waals surface area contributed by atoms with Crippen molar-refractivity contribution in [1.82, 2.24) is 0 Å². The molecule has 112 valence electrons. The van der Waals surface area contributed by atoms with E-state index in [1.165, 1.54) is 6.07 Å². The molecule has 0 aromatic heterocycles. The SMILES string of the molecule is CC(C)c1cc(Br)ccc1Oc1cccc(F)c1[C@H](C)N. The molecule has 0 fully saturated rings. The molecule has 0 amide bonds. The van der Waals surface area contributed by atoms with Crippen LogP contribution in [0.15, 0.2) is 40.9 Å². The van der Waals surface area contributed by atoms with Crippen LogP contribution in [0.5, 0.6) is 11.5 Å². The fourth-order valence-corrected chi connectivity index (χ4v) is 2.61. The fraction of sp³-hybridized carbons (Fsp3) is 0.294. The van der Waals surface area contributed by atoms with Crippen LogP contribution in [0, 0.1) is 5.82 Å². The van der Waals surface area contributed by atoms with Crippen LogP contribution in [0.25, 0.3) is 0 Å². The van der Waals surface area contributed by atoms with Crippen molar-refractivity contribution in [1.29, 1.82) is 0 Å². The lowest BCUT2D eigenvalue weighted by Gasteiger charge is -2.18. The standard InChI is InChI=1S/C17H19BrFNO/c1-10(2)13-9-12(18)7-8-15(13)21-16-6-4-5-14(19)17(16)11(3)20/h4-11H,20H2,1-3H3/t11-/m0/s1. The van der Waals surface area contributed by atoms with Crippen LogP contribution >= 0.6 is 15.9 Å². The van der Waals surface area contributed by atoms with E-state index in [-0.39, 0.29) is 5.82 Å². The highest BCUT2D eigenvalue weighted by molar-refractivity contribution is 9.10. The quantitative estimate of drug-likeness (QED) is 0.786. The summed E-state index contributed by atoms with van der Waals surface area (Å²) in [4.78, 5) is 0. The highest BCUT2D eigenvalue weighted by Crippen LogP contribution is 2.36. The summed E-state index contributed by atoms with van der Waals surface area (Å²) in [6, 6.07) is 10.2. The van der Waals surface area contributed by atoms with E-state index in [2.05, 4.69) is 29.8 Å². The maximum Gasteiger partial charge on any atom is 0.135 e. The van der Waals surface area contributed by atoms with E-state index < -0.39 is 6.04 Å². The van der Waals surface area contributed by atoms with E-state index in [1.807, 2.05) is 18.2 Å². The number of ether oxygens (including phenoxy) is 1. The van der Waals surface area contributed by atoms with Gasteiger partial charge in [-0.1, -0.05) is 35.8 Å². The van der Waals surface area contributed by atoms with Gasteiger partial charge in [-0.25, -0.2) is 4.39 Å². The van der Waals surface area contributed by atoms with Crippen molar-refractivity contribution < 1.29 is 9.13 Å². The van der Waals surface area contributed by atoms with Crippen LogP contribution in [-0.2, 0) is 0 Å². The van der Waals surface area contributed by atoms with E-state index in [4.69, 9.17) is 10.5 Å². The number of halogens is 2. The van der Waals surface area contributed by atoms with E-state index in [1.54, 1.807) is 19.1 Å². The van der Waals surface area contributed by atoms with Gasteiger partial charge in [0.15, 0.2) is 0 Å². The van der Waals surface area contributed by atoms with Crippen molar-refractivity contribution in [2.45, 2.75) is 32.7 Å². The largest absolute Gasteiger partial charge is 0.457 e. The first-order valence-electron chi connectivity index (χ1n) is 6.91. The minimum atomic E-state index is -0.431. The lowest BCUT2D eigenvalue weighted by atomic mass is 10.0. The van der Waals surface area contributed by atoms with Gasteiger partial charge < -0.3 is 10.5 Å². The zero-order chi connectivity index (χ0) is 15.6. The Bertz CT molecular complexity index is 641. The van der Waals surface area contributed by atoms with Crippen molar-refractivity contribution >= 4 is 15.9 Å². The molecule has 0 unspecified atom stereocenters. The maximum atomic E-state index is 14.0. The molecule has 0 bridgehead atoms. The topological polar surface area (TPSA) is 35.2 Å². The summed E-state index contributed by atoms with van der Waals surface area (Å²) in [6.45, 7) is 5.93. The molecule has 21 heavy (non-hydrogen) atoms. The summed E-state index contributed by atoms with van der Waals surface area (Å²) < 4.78 is 20.9. The molecule has 1 atom stereocenters.